The molecule has 0 aliphatic carbocycles. The smallest absolute Gasteiger partial charge is 0.331 e. The minimum atomic E-state index is -0.517. The number of aliphatic hydroxyl groups is 1. The number of hydrogen-bond acceptors (Lipinski definition) is 5. The third-order valence-corrected chi connectivity index (χ3v) is 4.86. The van der Waals surface area contributed by atoms with Gasteiger partial charge in [-0.2, -0.15) is 5.10 Å². The van der Waals surface area contributed by atoms with E-state index in [-0.39, 0.29) is 24.1 Å². The molecule has 9 nitrogen and oxygen atoms in total. The van der Waals surface area contributed by atoms with Crippen LogP contribution in [0.2, 0.25) is 0 Å². The first kappa shape index (κ1) is 18.1. The van der Waals surface area contributed by atoms with Crippen LogP contribution in [0.1, 0.15) is 34.9 Å². The van der Waals surface area contributed by atoms with Crippen molar-refractivity contribution in [1.82, 2.24) is 23.8 Å². The number of amides is 1. The lowest BCUT2D eigenvalue weighted by Gasteiger charge is -2.32. The Kier molecular flexibility index (Phi) is 5.08. The number of carbonyl (C=O) groups is 1. The molecule has 9 heteroatoms. The van der Waals surface area contributed by atoms with E-state index in [0.29, 0.717) is 19.6 Å². The summed E-state index contributed by atoms with van der Waals surface area (Å²) < 4.78 is 3.87. The monoisotopic (exact) mass is 361 g/mol. The molecule has 2 aromatic heterocycles. The van der Waals surface area contributed by atoms with Crippen LogP contribution in [0.4, 0.5) is 0 Å². The van der Waals surface area contributed by atoms with Crippen LogP contribution in [0.25, 0.3) is 0 Å². The maximum Gasteiger partial charge on any atom is 0.331 e. The van der Waals surface area contributed by atoms with E-state index in [1.54, 1.807) is 9.58 Å². The number of carbonyl (C=O) groups excluding carboxylic acids is 1. The van der Waals surface area contributed by atoms with Crippen LogP contribution in [0.5, 0.6) is 0 Å². The summed E-state index contributed by atoms with van der Waals surface area (Å²) in [6, 6.07) is 3.12. The number of aliphatic hydroxyl groups excluding tert-OH is 1. The van der Waals surface area contributed by atoms with Crippen molar-refractivity contribution in [1.29, 1.82) is 0 Å². The molecule has 26 heavy (non-hydrogen) atoms. The Hall–Kier alpha value is -2.68. The predicted molar refractivity (Wildman–Crippen MR) is 94.1 cm³/mol. The molecule has 0 radical (unpaired) electrons. The SMILES string of the molecule is Cn1c(C(=O)N2CCCC(c3ccn(CCO)n3)C2)cc(=O)n(C)c1=O. The van der Waals surface area contributed by atoms with Crippen LogP contribution in [-0.2, 0) is 20.6 Å². The summed E-state index contributed by atoms with van der Waals surface area (Å²) >= 11 is 0. The molecule has 1 unspecified atom stereocenters. The third-order valence-electron chi connectivity index (χ3n) is 4.86. The highest BCUT2D eigenvalue weighted by molar-refractivity contribution is 5.92. The summed E-state index contributed by atoms with van der Waals surface area (Å²) in [6.07, 6.45) is 3.55. The molecule has 0 saturated carbocycles. The average Bonchev–Trinajstić information content (AvgIpc) is 3.11. The van der Waals surface area contributed by atoms with E-state index in [9.17, 15) is 14.4 Å². The molecule has 1 fully saturated rings. The standard InChI is InChI=1S/C17H23N5O4/c1-19-14(10-15(24)20(2)17(19)26)16(25)21-6-3-4-12(11-21)13-5-7-22(18-13)8-9-23/h5,7,10,12,23H,3-4,6,8-9,11H2,1-2H3. The lowest BCUT2D eigenvalue weighted by atomic mass is 9.94. The first-order chi connectivity index (χ1) is 12.4. The lowest BCUT2D eigenvalue weighted by Crippen LogP contribution is -2.44. The number of nitrogens with zero attached hydrogens (tertiary/aromatic N) is 5. The molecular formula is C17H23N5O4. The van der Waals surface area contributed by atoms with Crippen LogP contribution in [0.15, 0.2) is 27.9 Å². The molecule has 0 aromatic carbocycles. The van der Waals surface area contributed by atoms with E-state index in [0.717, 1.165) is 23.1 Å². The zero-order valence-corrected chi connectivity index (χ0v) is 15.0. The molecule has 2 aromatic rings. The Morgan fingerprint density at radius 2 is 2.08 bits per heavy atom. The van der Waals surface area contributed by atoms with Crippen molar-refractivity contribution in [3.63, 3.8) is 0 Å². The van der Waals surface area contributed by atoms with Gasteiger partial charge in [0.2, 0.25) is 0 Å². The van der Waals surface area contributed by atoms with Crippen LogP contribution >= 0.6 is 0 Å². The van der Waals surface area contributed by atoms with Crippen molar-refractivity contribution in [2.45, 2.75) is 25.3 Å². The fraction of sp³-hybridized carbons (Fsp3) is 0.529. The van der Waals surface area contributed by atoms with Gasteiger partial charge in [-0.25, -0.2) is 4.79 Å². The molecule has 1 saturated heterocycles. The molecule has 1 aliphatic rings. The normalized spacial score (nSPS) is 17.5. The van der Waals surface area contributed by atoms with Gasteiger partial charge >= 0.3 is 5.69 Å². The zero-order chi connectivity index (χ0) is 18.8. The zero-order valence-electron chi connectivity index (χ0n) is 15.0. The van der Waals surface area contributed by atoms with E-state index in [1.165, 1.54) is 24.7 Å². The van der Waals surface area contributed by atoms with Crippen molar-refractivity contribution in [2.24, 2.45) is 14.1 Å². The molecule has 1 aliphatic heterocycles. The maximum atomic E-state index is 12.9. The summed E-state index contributed by atoms with van der Waals surface area (Å²) in [5.74, 6) is -0.224. The van der Waals surface area contributed by atoms with E-state index in [1.807, 2.05) is 12.3 Å². The summed E-state index contributed by atoms with van der Waals surface area (Å²) in [7, 11) is 2.88. The minimum Gasteiger partial charge on any atom is -0.394 e. The van der Waals surface area contributed by atoms with Gasteiger partial charge in [0.25, 0.3) is 11.5 Å². The van der Waals surface area contributed by atoms with Crippen molar-refractivity contribution < 1.29 is 9.90 Å². The Morgan fingerprint density at radius 3 is 2.81 bits per heavy atom. The van der Waals surface area contributed by atoms with Crippen molar-refractivity contribution >= 4 is 5.91 Å². The second-order valence-electron chi connectivity index (χ2n) is 6.59. The molecule has 3 heterocycles. The number of likely N-dealkylation sites (tertiary alicyclic amines) is 1. The summed E-state index contributed by atoms with van der Waals surface area (Å²) in [6.45, 7) is 1.52. The van der Waals surface area contributed by atoms with Crippen molar-refractivity contribution in [3.8, 4) is 0 Å². The summed E-state index contributed by atoms with van der Waals surface area (Å²) in [5.41, 5.74) is -0.0247. The Balaban J connectivity index is 1.82. The van der Waals surface area contributed by atoms with E-state index >= 15 is 0 Å². The first-order valence-electron chi connectivity index (χ1n) is 8.63. The molecular weight excluding hydrogens is 338 g/mol. The van der Waals surface area contributed by atoms with Crippen LogP contribution in [0, 0.1) is 0 Å². The highest BCUT2D eigenvalue weighted by atomic mass is 16.3. The van der Waals surface area contributed by atoms with Gasteiger partial charge in [0, 0.05) is 45.4 Å². The molecule has 1 N–H and O–H groups in total. The maximum absolute atomic E-state index is 12.9. The van der Waals surface area contributed by atoms with Crippen molar-refractivity contribution in [2.75, 3.05) is 19.7 Å². The molecule has 0 spiro atoms. The highest BCUT2D eigenvalue weighted by Crippen LogP contribution is 2.26. The van der Waals surface area contributed by atoms with Crippen LogP contribution < -0.4 is 11.2 Å². The Bertz CT molecular complexity index is 926. The van der Waals surface area contributed by atoms with Crippen LogP contribution in [-0.4, -0.2) is 54.5 Å². The van der Waals surface area contributed by atoms with Gasteiger partial charge in [0.05, 0.1) is 18.8 Å². The average molecular weight is 361 g/mol. The molecule has 1 atom stereocenters. The minimum absolute atomic E-state index is 0.0212. The van der Waals surface area contributed by atoms with Crippen molar-refractivity contribution in [3.05, 3.63) is 50.6 Å². The molecule has 1 amide bonds. The second-order valence-corrected chi connectivity index (χ2v) is 6.59. The van der Waals surface area contributed by atoms with E-state index < -0.39 is 11.2 Å². The predicted octanol–water partition coefficient (Wildman–Crippen LogP) is -0.707. The topological polar surface area (TPSA) is 102 Å². The van der Waals surface area contributed by atoms with Gasteiger partial charge in [-0.3, -0.25) is 23.4 Å². The first-order valence-corrected chi connectivity index (χ1v) is 8.63. The molecule has 140 valence electrons. The van der Waals surface area contributed by atoms with Gasteiger partial charge < -0.3 is 10.0 Å². The summed E-state index contributed by atoms with van der Waals surface area (Å²) in [4.78, 5) is 38.5. The fourth-order valence-electron chi connectivity index (χ4n) is 3.33. The van der Waals surface area contributed by atoms with E-state index in [4.69, 9.17) is 5.11 Å². The fourth-order valence-corrected chi connectivity index (χ4v) is 3.33. The largest absolute Gasteiger partial charge is 0.394 e. The van der Waals surface area contributed by atoms with Crippen LogP contribution in [0.3, 0.4) is 0 Å². The molecule has 0 bridgehead atoms. The number of rotatable bonds is 4. The van der Waals surface area contributed by atoms with Gasteiger partial charge in [-0.1, -0.05) is 0 Å². The Morgan fingerprint density at radius 1 is 1.31 bits per heavy atom. The summed E-state index contributed by atoms with van der Waals surface area (Å²) in [5, 5.41) is 13.5. The third kappa shape index (κ3) is 3.34. The lowest BCUT2D eigenvalue weighted by molar-refractivity contribution is 0.0693. The van der Waals surface area contributed by atoms with Gasteiger partial charge in [-0.15, -0.1) is 0 Å². The number of aromatic nitrogens is 4. The van der Waals surface area contributed by atoms with Gasteiger partial charge in [-0.05, 0) is 18.9 Å². The second kappa shape index (κ2) is 7.28. The number of piperidine rings is 1. The highest BCUT2D eigenvalue weighted by Gasteiger charge is 2.28. The molecule has 3 rings (SSSR count). The van der Waals surface area contributed by atoms with E-state index in [2.05, 4.69) is 5.10 Å². The van der Waals surface area contributed by atoms with Gasteiger partial charge in [0.15, 0.2) is 0 Å². The number of hydrogen-bond donors (Lipinski definition) is 1. The Labute approximate surface area is 150 Å². The van der Waals surface area contributed by atoms with Gasteiger partial charge in [0.1, 0.15) is 5.69 Å². The quantitative estimate of drug-likeness (QED) is 0.775.